The average molecular weight is 258 g/mol. The summed E-state index contributed by atoms with van der Waals surface area (Å²) in [6.45, 7) is 0.782. The molecule has 1 atom stereocenters. The van der Waals surface area contributed by atoms with Crippen LogP contribution >= 0.6 is 11.6 Å². The maximum Gasteiger partial charge on any atom is 0.243 e. The van der Waals surface area contributed by atoms with Crippen LogP contribution in [0, 0.1) is 17.2 Å². The van der Waals surface area contributed by atoms with E-state index in [-0.39, 0.29) is 6.54 Å². The molecule has 0 saturated carbocycles. The van der Waals surface area contributed by atoms with E-state index in [1.807, 2.05) is 6.07 Å². The number of halogens is 3. The molecule has 1 aliphatic heterocycles. The molecule has 2 heterocycles. The van der Waals surface area contributed by atoms with Crippen molar-refractivity contribution >= 4 is 17.4 Å². The van der Waals surface area contributed by atoms with E-state index in [9.17, 15) is 8.78 Å². The molecule has 2 rings (SSSR count). The van der Waals surface area contributed by atoms with Crippen LogP contribution in [0.25, 0.3) is 0 Å². The number of anilines is 1. The second kappa shape index (κ2) is 4.84. The second-order valence-corrected chi connectivity index (χ2v) is 4.38. The molecule has 90 valence electrons. The number of alkyl halides is 2. The molecule has 0 bridgehead atoms. The molecule has 1 unspecified atom stereocenters. The zero-order valence-electron chi connectivity index (χ0n) is 8.91. The lowest BCUT2D eigenvalue weighted by atomic mass is 10.1. The van der Waals surface area contributed by atoms with Gasteiger partial charge < -0.3 is 4.90 Å². The summed E-state index contributed by atoms with van der Waals surface area (Å²) in [5, 5.41) is 9.00. The Morgan fingerprint density at radius 2 is 2.35 bits per heavy atom. The van der Waals surface area contributed by atoms with Crippen LogP contribution < -0.4 is 4.90 Å². The van der Waals surface area contributed by atoms with Gasteiger partial charge in [-0.2, -0.15) is 5.26 Å². The second-order valence-electron chi connectivity index (χ2n) is 3.97. The van der Waals surface area contributed by atoms with Crippen molar-refractivity contribution < 1.29 is 8.78 Å². The topological polar surface area (TPSA) is 39.9 Å². The molecule has 0 radical (unpaired) electrons. The zero-order chi connectivity index (χ0) is 12.4. The molecular formula is C11H10ClF2N3. The molecular weight excluding hydrogens is 248 g/mol. The Hall–Kier alpha value is -1.41. The lowest BCUT2D eigenvalue weighted by molar-refractivity contribution is 0.0880. The number of aromatic nitrogens is 1. The lowest BCUT2D eigenvalue weighted by Crippen LogP contribution is -2.23. The van der Waals surface area contributed by atoms with Gasteiger partial charge in [0.1, 0.15) is 11.9 Å². The Bertz CT molecular complexity index is 459. The highest BCUT2D eigenvalue weighted by Gasteiger charge is 2.30. The molecule has 0 N–H and O–H groups in total. The number of rotatable bonds is 2. The first-order chi connectivity index (χ1) is 8.11. The van der Waals surface area contributed by atoms with Crippen molar-refractivity contribution in [3.63, 3.8) is 0 Å². The molecule has 1 aromatic heterocycles. The third-order valence-electron chi connectivity index (χ3n) is 2.83. The van der Waals surface area contributed by atoms with Crippen molar-refractivity contribution in [1.29, 1.82) is 5.26 Å². The molecule has 6 heteroatoms. The smallest absolute Gasteiger partial charge is 0.243 e. The summed E-state index contributed by atoms with van der Waals surface area (Å²) in [6.07, 6.45) is -0.468. The SMILES string of the molecule is N#Cc1cnc(N2CCC(C(F)F)C2)c(Cl)c1. The van der Waals surface area contributed by atoms with E-state index in [2.05, 4.69) is 4.98 Å². The molecule has 1 aromatic rings. The van der Waals surface area contributed by atoms with Gasteiger partial charge in [0, 0.05) is 25.2 Å². The zero-order valence-corrected chi connectivity index (χ0v) is 9.66. The van der Waals surface area contributed by atoms with Gasteiger partial charge in [-0.05, 0) is 12.5 Å². The van der Waals surface area contributed by atoms with Gasteiger partial charge in [0.05, 0.1) is 10.6 Å². The van der Waals surface area contributed by atoms with Gasteiger partial charge in [-0.15, -0.1) is 0 Å². The van der Waals surface area contributed by atoms with Crippen molar-refractivity contribution in [2.75, 3.05) is 18.0 Å². The molecule has 1 fully saturated rings. The van der Waals surface area contributed by atoms with Crippen LogP contribution in [0.5, 0.6) is 0 Å². The predicted octanol–water partition coefficient (Wildman–Crippen LogP) is 2.70. The highest BCUT2D eigenvalue weighted by Crippen LogP contribution is 2.30. The first-order valence-electron chi connectivity index (χ1n) is 5.20. The quantitative estimate of drug-likeness (QED) is 0.818. The van der Waals surface area contributed by atoms with Gasteiger partial charge in [0.2, 0.25) is 6.43 Å². The molecule has 17 heavy (non-hydrogen) atoms. The van der Waals surface area contributed by atoms with Crippen molar-refractivity contribution in [1.82, 2.24) is 4.98 Å². The van der Waals surface area contributed by atoms with Gasteiger partial charge in [-0.3, -0.25) is 0 Å². The highest BCUT2D eigenvalue weighted by atomic mass is 35.5. The average Bonchev–Trinajstić information content (AvgIpc) is 2.78. The molecule has 1 aliphatic rings. The van der Waals surface area contributed by atoms with E-state index in [0.29, 0.717) is 29.4 Å². The Kier molecular flexibility index (Phi) is 3.43. The third kappa shape index (κ3) is 2.47. The van der Waals surface area contributed by atoms with E-state index in [1.165, 1.54) is 12.3 Å². The maximum atomic E-state index is 12.5. The van der Waals surface area contributed by atoms with Crippen LogP contribution in [0.4, 0.5) is 14.6 Å². The Labute approximate surface area is 103 Å². The summed E-state index contributed by atoms with van der Waals surface area (Å²) in [6, 6.07) is 3.43. The van der Waals surface area contributed by atoms with Crippen molar-refractivity contribution in [3.8, 4) is 6.07 Å². The number of nitrogens with zero attached hydrogens (tertiary/aromatic N) is 3. The Morgan fingerprint density at radius 1 is 1.59 bits per heavy atom. The van der Waals surface area contributed by atoms with Gasteiger partial charge in [-0.1, -0.05) is 11.6 Å². The summed E-state index contributed by atoms with van der Waals surface area (Å²) < 4.78 is 25.1. The largest absolute Gasteiger partial charge is 0.355 e. The molecule has 0 aliphatic carbocycles. The van der Waals surface area contributed by atoms with E-state index >= 15 is 0 Å². The van der Waals surface area contributed by atoms with Crippen molar-refractivity contribution in [2.45, 2.75) is 12.8 Å². The van der Waals surface area contributed by atoms with Crippen LogP contribution in [-0.2, 0) is 0 Å². The third-order valence-corrected chi connectivity index (χ3v) is 3.11. The minimum Gasteiger partial charge on any atom is -0.355 e. The monoisotopic (exact) mass is 257 g/mol. The van der Waals surface area contributed by atoms with Crippen LogP contribution in [0.2, 0.25) is 5.02 Å². The summed E-state index contributed by atoms with van der Waals surface area (Å²) >= 11 is 5.97. The van der Waals surface area contributed by atoms with Gasteiger partial charge in [-0.25, -0.2) is 13.8 Å². The summed E-state index contributed by atoms with van der Waals surface area (Å²) in [5.41, 5.74) is 0.364. The highest BCUT2D eigenvalue weighted by molar-refractivity contribution is 6.33. The first kappa shape index (κ1) is 12.1. The number of nitriles is 1. The molecule has 1 saturated heterocycles. The number of hydrogen-bond donors (Lipinski definition) is 0. The fourth-order valence-electron chi connectivity index (χ4n) is 1.91. The first-order valence-corrected chi connectivity index (χ1v) is 5.58. The van der Waals surface area contributed by atoms with Crippen molar-refractivity contribution in [3.05, 3.63) is 22.8 Å². The lowest BCUT2D eigenvalue weighted by Gasteiger charge is -2.18. The van der Waals surface area contributed by atoms with Crippen LogP contribution in [-0.4, -0.2) is 24.5 Å². The van der Waals surface area contributed by atoms with E-state index < -0.39 is 12.3 Å². The Balaban J connectivity index is 2.17. The van der Waals surface area contributed by atoms with Crippen molar-refractivity contribution in [2.24, 2.45) is 5.92 Å². The minimum atomic E-state index is -2.31. The van der Waals surface area contributed by atoms with Crippen LogP contribution in [0.1, 0.15) is 12.0 Å². The predicted molar refractivity (Wildman–Crippen MR) is 60.3 cm³/mol. The fraction of sp³-hybridized carbons (Fsp3) is 0.455. The molecule has 0 amide bonds. The summed E-state index contributed by atoms with van der Waals surface area (Å²) in [4.78, 5) is 5.79. The van der Waals surface area contributed by atoms with Gasteiger partial charge in [0.15, 0.2) is 0 Å². The number of pyridine rings is 1. The normalized spacial score (nSPS) is 19.7. The molecule has 0 aromatic carbocycles. The van der Waals surface area contributed by atoms with Crippen LogP contribution in [0.15, 0.2) is 12.3 Å². The standard InChI is InChI=1S/C11H10ClF2N3/c12-9-3-7(4-15)5-16-11(9)17-2-1-8(6-17)10(13)14/h3,5,8,10H,1-2,6H2. The molecule has 3 nitrogen and oxygen atoms in total. The fourth-order valence-corrected chi connectivity index (χ4v) is 2.20. The van der Waals surface area contributed by atoms with E-state index in [0.717, 1.165) is 0 Å². The summed E-state index contributed by atoms with van der Waals surface area (Å²) in [7, 11) is 0. The maximum absolute atomic E-state index is 12.5. The Morgan fingerprint density at radius 3 is 2.88 bits per heavy atom. The summed E-state index contributed by atoms with van der Waals surface area (Å²) in [5.74, 6) is -0.141. The van der Waals surface area contributed by atoms with E-state index in [1.54, 1.807) is 4.90 Å². The van der Waals surface area contributed by atoms with E-state index in [4.69, 9.17) is 16.9 Å². The number of hydrogen-bond acceptors (Lipinski definition) is 3. The van der Waals surface area contributed by atoms with Crippen LogP contribution in [0.3, 0.4) is 0 Å². The molecule has 0 spiro atoms. The van der Waals surface area contributed by atoms with Gasteiger partial charge in [0.25, 0.3) is 0 Å². The minimum absolute atomic E-state index is 0.260. The van der Waals surface area contributed by atoms with Gasteiger partial charge >= 0.3 is 0 Å².